The molecule has 8 nitrogen and oxygen atoms in total. The molecule has 1 aliphatic heterocycles. The van der Waals surface area contributed by atoms with Gasteiger partial charge in [-0.3, -0.25) is 19.8 Å². The van der Waals surface area contributed by atoms with Crippen LogP contribution in [-0.2, 0) is 16.1 Å². The summed E-state index contributed by atoms with van der Waals surface area (Å²) in [6.07, 6.45) is 1.26. The van der Waals surface area contributed by atoms with Gasteiger partial charge in [0.15, 0.2) is 0 Å². The Morgan fingerprint density at radius 1 is 1.35 bits per heavy atom. The quantitative estimate of drug-likeness (QED) is 0.421. The van der Waals surface area contributed by atoms with E-state index in [2.05, 4.69) is 0 Å². The van der Waals surface area contributed by atoms with Gasteiger partial charge in [0.05, 0.1) is 18.7 Å². The van der Waals surface area contributed by atoms with Crippen molar-refractivity contribution in [2.45, 2.75) is 13.5 Å². The van der Waals surface area contributed by atoms with Crippen molar-refractivity contribution in [3.63, 3.8) is 0 Å². The Morgan fingerprint density at radius 2 is 2.00 bits per heavy atom. The summed E-state index contributed by atoms with van der Waals surface area (Å²) in [6.45, 7) is 2.59. The van der Waals surface area contributed by atoms with Gasteiger partial charge in [-0.2, -0.15) is 0 Å². The monoisotopic (exact) mass is 280 g/mol. The minimum Gasteiger partial charge on any atom is -0.467 e. The lowest BCUT2D eigenvalue weighted by Gasteiger charge is -2.32. The summed E-state index contributed by atoms with van der Waals surface area (Å²) in [4.78, 5) is 37.8. The van der Waals surface area contributed by atoms with Crippen LogP contribution in [0.2, 0.25) is 0 Å². The summed E-state index contributed by atoms with van der Waals surface area (Å²) in [7, 11) is 0. The molecule has 0 atom stereocenters. The Morgan fingerprint density at radius 3 is 2.65 bits per heavy atom. The van der Waals surface area contributed by atoms with E-state index in [1.54, 1.807) is 0 Å². The summed E-state index contributed by atoms with van der Waals surface area (Å²) < 4.78 is 5.19. The van der Waals surface area contributed by atoms with Gasteiger partial charge in [0.1, 0.15) is 18.6 Å². The number of nitrogens with two attached hydrogens (primary N) is 1. The van der Waals surface area contributed by atoms with Crippen LogP contribution in [0.5, 0.6) is 0 Å². The van der Waals surface area contributed by atoms with Crippen LogP contribution in [-0.4, -0.2) is 47.2 Å². The van der Waals surface area contributed by atoms with E-state index >= 15 is 0 Å². The predicted octanol–water partition coefficient (Wildman–Crippen LogP) is -0.926. The second-order valence-electron chi connectivity index (χ2n) is 4.43. The third-order valence-corrected chi connectivity index (χ3v) is 3.13. The van der Waals surface area contributed by atoms with E-state index in [9.17, 15) is 14.4 Å². The number of carbonyl (C=O) groups is 3. The fourth-order valence-corrected chi connectivity index (χ4v) is 1.99. The molecular formula is C12H16N4O4. The molecule has 0 bridgehead atoms. The van der Waals surface area contributed by atoms with Crippen molar-refractivity contribution >= 4 is 17.7 Å². The second-order valence-corrected chi connectivity index (χ2v) is 4.43. The van der Waals surface area contributed by atoms with Crippen molar-refractivity contribution in [3.8, 4) is 0 Å². The van der Waals surface area contributed by atoms with Crippen LogP contribution in [0, 0.1) is 0 Å². The second kappa shape index (κ2) is 5.74. The van der Waals surface area contributed by atoms with Gasteiger partial charge in [-0.05, 0) is 13.0 Å². The first-order valence-corrected chi connectivity index (χ1v) is 6.19. The molecule has 108 valence electrons. The zero-order valence-electron chi connectivity index (χ0n) is 11.1. The maximum atomic E-state index is 11.9. The Bertz CT molecular complexity index is 539. The first-order chi connectivity index (χ1) is 9.55. The standard InChI is InChI=1S/C12H16N4O4/c1-2-15-5-11(18)16(6-10(15)17)4-9-3-8(7-20-9)12(19)14-13/h3,7H,2,4-6,13H2,1H3,(H,14,19). The minimum atomic E-state index is -0.474. The third-order valence-electron chi connectivity index (χ3n) is 3.13. The molecule has 1 aromatic rings. The smallest absolute Gasteiger partial charge is 0.268 e. The van der Waals surface area contributed by atoms with Crippen molar-refractivity contribution < 1.29 is 18.8 Å². The fourth-order valence-electron chi connectivity index (χ4n) is 1.99. The van der Waals surface area contributed by atoms with Crippen molar-refractivity contribution in [1.82, 2.24) is 15.2 Å². The number of hydrogen-bond acceptors (Lipinski definition) is 5. The van der Waals surface area contributed by atoms with Gasteiger partial charge >= 0.3 is 0 Å². The van der Waals surface area contributed by atoms with Crippen LogP contribution in [0.4, 0.5) is 0 Å². The summed E-state index contributed by atoms with van der Waals surface area (Å²) in [5, 5.41) is 0. The predicted molar refractivity (Wildman–Crippen MR) is 68.0 cm³/mol. The highest BCUT2D eigenvalue weighted by Crippen LogP contribution is 2.13. The van der Waals surface area contributed by atoms with Crippen molar-refractivity contribution in [1.29, 1.82) is 0 Å². The normalized spacial score (nSPS) is 15.7. The fraction of sp³-hybridized carbons (Fsp3) is 0.417. The maximum Gasteiger partial charge on any atom is 0.268 e. The number of furan rings is 1. The zero-order valence-corrected chi connectivity index (χ0v) is 11.1. The molecule has 0 saturated carbocycles. The lowest BCUT2D eigenvalue weighted by atomic mass is 10.2. The number of carbonyl (C=O) groups excluding carboxylic acids is 3. The molecule has 0 spiro atoms. The molecule has 0 aromatic carbocycles. The number of piperazine rings is 1. The van der Waals surface area contributed by atoms with Gasteiger partial charge in [-0.25, -0.2) is 5.84 Å². The first-order valence-electron chi connectivity index (χ1n) is 6.19. The minimum absolute atomic E-state index is 0.0196. The van der Waals surface area contributed by atoms with Gasteiger partial charge in [-0.1, -0.05) is 0 Å². The summed E-state index contributed by atoms with van der Waals surface area (Å²) in [5.41, 5.74) is 2.26. The van der Waals surface area contributed by atoms with Crippen molar-refractivity contribution in [2.24, 2.45) is 5.84 Å². The molecule has 3 N–H and O–H groups in total. The first kappa shape index (κ1) is 14.1. The molecule has 1 fully saturated rings. The lowest BCUT2D eigenvalue weighted by Crippen LogP contribution is -2.53. The number of hydrazine groups is 1. The molecule has 2 heterocycles. The Balaban J connectivity index is 2.03. The highest BCUT2D eigenvalue weighted by molar-refractivity contribution is 5.94. The number of nitrogens with one attached hydrogen (secondary N) is 1. The van der Waals surface area contributed by atoms with Crippen LogP contribution in [0.3, 0.4) is 0 Å². The zero-order chi connectivity index (χ0) is 14.7. The molecule has 1 aliphatic rings. The van der Waals surface area contributed by atoms with E-state index in [0.717, 1.165) is 0 Å². The number of nitrogens with zero attached hydrogens (tertiary/aromatic N) is 2. The number of likely N-dealkylation sites (N-methyl/N-ethyl adjacent to an activating group) is 1. The van der Waals surface area contributed by atoms with Crippen LogP contribution in [0.15, 0.2) is 16.7 Å². The van der Waals surface area contributed by atoms with E-state index in [1.165, 1.54) is 22.1 Å². The third kappa shape index (κ3) is 2.80. The van der Waals surface area contributed by atoms with Crippen LogP contribution < -0.4 is 11.3 Å². The van der Waals surface area contributed by atoms with Crippen LogP contribution >= 0.6 is 0 Å². The van der Waals surface area contributed by atoms with Crippen LogP contribution in [0.25, 0.3) is 0 Å². The van der Waals surface area contributed by atoms with E-state index in [1.807, 2.05) is 12.3 Å². The number of hydrogen-bond donors (Lipinski definition) is 2. The van der Waals surface area contributed by atoms with Crippen molar-refractivity contribution in [3.05, 3.63) is 23.7 Å². The van der Waals surface area contributed by atoms with Gasteiger partial charge in [0.25, 0.3) is 5.91 Å². The number of amides is 3. The largest absolute Gasteiger partial charge is 0.467 e. The maximum absolute atomic E-state index is 11.9. The van der Waals surface area contributed by atoms with Crippen molar-refractivity contribution in [2.75, 3.05) is 19.6 Å². The average molecular weight is 280 g/mol. The molecule has 0 unspecified atom stereocenters. The van der Waals surface area contributed by atoms with E-state index in [0.29, 0.717) is 12.3 Å². The van der Waals surface area contributed by atoms with Gasteiger partial charge in [0, 0.05) is 6.54 Å². The topological polar surface area (TPSA) is 109 Å². The van der Waals surface area contributed by atoms with Crippen LogP contribution in [0.1, 0.15) is 23.0 Å². The molecule has 2 rings (SSSR count). The molecule has 1 aromatic heterocycles. The molecule has 20 heavy (non-hydrogen) atoms. The summed E-state index contributed by atoms with van der Waals surface area (Å²) in [5.74, 6) is 4.72. The summed E-state index contributed by atoms with van der Waals surface area (Å²) in [6, 6.07) is 1.49. The van der Waals surface area contributed by atoms with E-state index < -0.39 is 5.91 Å². The Kier molecular flexibility index (Phi) is 4.04. The van der Waals surface area contributed by atoms with E-state index in [4.69, 9.17) is 10.3 Å². The SMILES string of the molecule is CCN1CC(=O)N(Cc2cc(C(=O)NN)co2)CC1=O. The molecule has 3 amide bonds. The lowest BCUT2D eigenvalue weighted by molar-refractivity contribution is -0.150. The molecule has 0 aliphatic carbocycles. The average Bonchev–Trinajstić information content (AvgIpc) is 2.90. The van der Waals surface area contributed by atoms with Gasteiger partial charge < -0.3 is 14.2 Å². The molecule has 1 saturated heterocycles. The molecule has 8 heteroatoms. The molecule has 0 radical (unpaired) electrons. The Hall–Kier alpha value is -2.35. The highest BCUT2D eigenvalue weighted by Gasteiger charge is 2.29. The van der Waals surface area contributed by atoms with Gasteiger partial charge in [-0.15, -0.1) is 0 Å². The van der Waals surface area contributed by atoms with E-state index in [-0.39, 0.29) is 37.0 Å². The Labute approximate surface area is 115 Å². The van der Waals surface area contributed by atoms with Gasteiger partial charge in [0.2, 0.25) is 11.8 Å². The highest BCUT2D eigenvalue weighted by atomic mass is 16.3. The molecular weight excluding hydrogens is 264 g/mol. The number of nitrogen functional groups attached to an aromatic ring is 1. The number of rotatable bonds is 4. The summed E-state index contributed by atoms with van der Waals surface area (Å²) >= 11 is 0.